The van der Waals surface area contributed by atoms with Crippen molar-refractivity contribution < 1.29 is 36.2 Å². The number of aliphatic hydroxyl groups is 1. The van der Waals surface area contributed by atoms with Gasteiger partial charge in [-0.05, 0) is 41.8 Å². The highest BCUT2D eigenvalue weighted by molar-refractivity contribution is 5.79. The van der Waals surface area contributed by atoms with E-state index in [-0.39, 0.29) is 24.0 Å². The summed E-state index contributed by atoms with van der Waals surface area (Å²) in [5.41, 5.74) is -4.89. The molecule has 150 valence electrons. The van der Waals surface area contributed by atoms with E-state index in [9.17, 15) is 36.2 Å². The molecule has 0 saturated carbocycles. The van der Waals surface area contributed by atoms with Crippen molar-refractivity contribution in [2.45, 2.75) is 36.8 Å². The van der Waals surface area contributed by atoms with E-state index < -0.39 is 41.0 Å². The van der Waals surface area contributed by atoms with Crippen LogP contribution in [0.3, 0.4) is 0 Å². The van der Waals surface area contributed by atoms with Gasteiger partial charge in [-0.1, -0.05) is 24.3 Å². The SMILES string of the molecule is O=C1CC[C@@H](C(O)(c2cccc(C(F)(F)F)c2)c2cccc(C(F)(F)F)c2)N1. The molecule has 3 nitrogen and oxygen atoms in total. The summed E-state index contributed by atoms with van der Waals surface area (Å²) < 4.78 is 78.7. The minimum atomic E-state index is -4.70. The largest absolute Gasteiger partial charge is 0.416 e. The molecule has 2 aromatic carbocycles. The van der Waals surface area contributed by atoms with Crippen LogP contribution in [-0.2, 0) is 22.7 Å². The van der Waals surface area contributed by atoms with Gasteiger partial charge in [-0.25, -0.2) is 0 Å². The molecule has 0 unspecified atom stereocenters. The number of alkyl halides is 6. The molecule has 3 rings (SSSR count). The zero-order chi connectivity index (χ0) is 20.7. The van der Waals surface area contributed by atoms with E-state index in [0.29, 0.717) is 12.1 Å². The van der Waals surface area contributed by atoms with Crippen molar-refractivity contribution in [3.05, 3.63) is 70.8 Å². The van der Waals surface area contributed by atoms with Crippen LogP contribution in [0.25, 0.3) is 0 Å². The second-order valence-electron chi connectivity index (χ2n) is 6.58. The van der Waals surface area contributed by atoms with Gasteiger partial charge in [0, 0.05) is 6.42 Å². The summed E-state index contributed by atoms with van der Waals surface area (Å²) in [5.74, 6) is -0.442. The highest BCUT2D eigenvalue weighted by Crippen LogP contribution is 2.41. The van der Waals surface area contributed by atoms with E-state index in [0.717, 1.165) is 24.3 Å². The molecular weight excluding hydrogens is 388 g/mol. The van der Waals surface area contributed by atoms with E-state index in [4.69, 9.17) is 0 Å². The average Bonchev–Trinajstić information content (AvgIpc) is 3.07. The first-order valence-corrected chi connectivity index (χ1v) is 8.29. The first kappa shape index (κ1) is 20.2. The maximum Gasteiger partial charge on any atom is 0.416 e. The van der Waals surface area contributed by atoms with E-state index >= 15 is 0 Å². The van der Waals surface area contributed by atoms with E-state index in [1.54, 1.807) is 0 Å². The number of hydrogen-bond acceptors (Lipinski definition) is 2. The van der Waals surface area contributed by atoms with Gasteiger partial charge in [-0.3, -0.25) is 4.79 Å². The fourth-order valence-electron chi connectivity index (χ4n) is 3.36. The smallest absolute Gasteiger partial charge is 0.378 e. The summed E-state index contributed by atoms with van der Waals surface area (Å²) in [4.78, 5) is 11.6. The number of carbonyl (C=O) groups excluding carboxylic acids is 1. The number of rotatable bonds is 3. The summed E-state index contributed by atoms with van der Waals surface area (Å²) in [6.07, 6.45) is -9.35. The fourth-order valence-corrected chi connectivity index (χ4v) is 3.36. The standard InChI is InChI=1S/C19H15F6NO2/c20-18(21,22)13-5-1-3-11(9-13)17(28,15-7-8-16(27)26-15)12-4-2-6-14(10-12)19(23,24)25/h1-6,9-10,15,28H,7-8H2,(H,26,27)/t15-/m0/s1. The molecule has 1 aliphatic rings. The number of halogens is 6. The van der Waals surface area contributed by atoms with Crippen LogP contribution in [0.15, 0.2) is 48.5 Å². The molecule has 0 radical (unpaired) electrons. The van der Waals surface area contributed by atoms with Crippen molar-refractivity contribution in [1.82, 2.24) is 5.32 Å². The summed E-state index contributed by atoms with van der Waals surface area (Å²) >= 11 is 0. The lowest BCUT2D eigenvalue weighted by molar-refractivity contribution is -0.138. The minimum absolute atomic E-state index is 0.00486. The fraction of sp³-hybridized carbons (Fsp3) is 0.316. The molecular formula is C19H15F6NO2. The Kier molecular flexibility index (Phi) is 4.91. The third-order valence-corrected chi connectivity index (χ3v) is 4.76. The molecule has 9 heteroatoms. The molecule has 1 saturated heterocycles. The predicted molar refractivity (Wildman–Crippen MR) is 87.1 cm³/mol. The maximum atomic E-state index is 13.1. The number of amides is 1. The van der Waals surface area contributed by atoms with Gasteiger partial charge in [-0.2, -0.15) is 26.3 Å². The molecule has 1 amide bonds. The first-order valence-electron chi connectivity index (χ1n) is 8.29. The lowest BCUT2D eigenvalue weighted by atomic mass is 9.78. The topological polar surface area (TPSA) is 49.3 Å². The molecule has 0 bridgehead atoms. The molecule has 2 aromatic rings. The molecule has 1 fully saturated rings. The summed E-state index contributed by atoms with van der Waals surface area (Å²) in [5, 5.41) is 13.9. The second-order valence-corrected chi connectivity index (χ2v) is 6.58. The van der Waals surface area contributed by atoms with Crippen molar-refractivity contribution in [1.29, 1.82) is 0 Å². The molecule has 2 N–H and O–H groups in total. The van der Waals surface area contributed by atoms with Crippen LogP contribution >= 0.6 is 0 Å². The Hall–Kier alpha value is -2.55. The van der Waals surface area contributed by atoms with Crippen molar-refractivity contribution in [3.63, 3.8) is 0 Å². The molecule has 1 aliphatic heterocycles. The Morgan fingerprint density at radius 2 is 1.25 bits per heavy atom. The average molecular weight is 403 g/mol. The quantitative estimate of drug-likeness (QED) is 0.754. The monoisotopic (exact) mass is 403 g/mol. The zero-order valence-corrected chi connectivity index (χ0v) is 14.2. The van der Waals surface area contributed by atoms with Gasteiger partial charge in [-0.15, -0.1) is 0 Å². The lowest BCUT2D eigenvalue weighted by Crippen LogP contribution is -2.47. The van der Waals surface area contributed by atoms with E-state index in [1.165, 1.54) is 12.1 Å². The maximum absolute atomic E-state index is 13.1. The Bertz CT molecular complexity index is 833. The Labute approximate surface area is 156 Å². The second kappa shape index (κ2) is 6.80. The van der Waals surface area contributed by atoms with E-state index in [1.807, 2.05) is 0 Å². The third-order valence-electron chi connectivity index (χ3n) is 4.76. The van der Waals surface area contributed by atoms with Crippen LogP contribution in [0.1, 0.15) is 35.1 Å². The lowest BCUT2D eigenvalue weighted by Gasteiger charge is -2.35. The molecule has 1 atom stereocenters. The predicted octanol–water partition coefficient (Wildman–Crippen LogP) is 4.24. The summed E-state index contributed by atoms with van der Waals surface area (Å²) in [6.45, 7) is 0. The van der Waals surface area contributed by atoms with Crippen LogP contribution in [0, 0.1) is 0 Å². The minimum Gasteiger partial charge on any atom is -0.378 e. The Balaban J connectivity index is 2.19. The third kappa shape index (κ3) is 3.71. The summed E-state index contributed by atoms with van der Waals surface area (Å²) in [7, 11) is 0. The van der Waals surface area contributed by atoms with Crippen molar-refractivity contribution in [2.75, 3.05) is 0 Å². The van der Waals surface area contributed by atoms with Gasteiger partial charge < -0.3 is 10.4 Å². The van der Waals surface area contributed by atoms with Gasteiger partial charge >= 0.3 is 12.4 Å². The van der Waals surface area contributed by atoms with Gasteiger partial charge in [0.25, 0.3) is 0 Å². The van der Waals surface area contributed by atoms with Crippen LogP contribution < -0.4 is 5.32 Å². The van der Waals surface area contributed by atoms with E-state index in [2.05, 4.69) is 5.32 Å². The van der Waals surface area contributed by atoms with Gasteiger partial charge in [0.2, 0.25) is 5.91 Å². The van der Waals surface area contributed by atoms with Crippen LogP contribution in [0.2, 0.25) is 0 Å². The van der Waals surface area contributed by atoms with Gasteiger partial charge in [0.15, 0.2) is 0 Å². The normalized spacial score (nSPS) is 18.2. The van der Waals surface area contributed by atoms with Crippen LogP contribution in [0.4, 0.5) is 26.3 Å². The first-order chi connectivity index (χ1) is 12.9. The van der Waals surface area contributed by atoms with Crippen LogP contribution in [-0.4, -0.2) is 17.1 Å². The van der Waals surface area contributed by atoms with Crippen molar-refractivity contribution in [2.24, 2.45) is 0 Å². The van der Waals surface area contributed by atoms with Gasteiger partial charge in [0.05, 0.1) is 17.2 Å². The van der Waals surface area contributed by atoms with Crippen molar-refractivity contribution in [3.8, 4) is 0 Å². The summed E-state index contributed by atoms with van der Waals surface area (Å²) in [6, 6.07) is 6.40. The number of nitrogens with one attached hydrogen (secondary N) is 1. The molecule has 1 heterocycles. The number of hydrogen-bond donors (Lipinski definition) is 2. The zero-order valence-electron chi connectivity index (χ0n) is 14.2. The number of benzene rings is 2. The molecule has 0 aromatic heterocycles. The Morgan fingerprint density at radius 3 is 1.61 bits per heavy atom. The number of carbonyl (C=O) groups is 1. The Morgan fingerprint density at radius 1 is 0.821 bits per heavy atom. The van der Waals surface area contributed by atoms with Crippen LogP contribution in [0.5, 0.6) is 0 Å². The highest BCUT2D eigenvalue weighted by atomic mass is 19.4. The highest BCUT2D eigenvalue weighted by Gasteiger charge is 2.45. The molecule has 28 heavy (non-hydrogen) atoms. The molecule has 0 spiro atoms. The van der Waals surface area contributed by atoms with Gasteiger partial charge in [0.1, 0.15) is 5.60 Å². The molecule has 0 aliphatic carbocycles. The van der Waals surface area contributed by atoms with Crippen molar-refractivity contribution >= 4 is 5.91 Å².